The van der Waals surface area contributed by atoms with Crippen molar-refractivity contribution in [2.75, 3.05) is 0 Å². The van der Waals surface area contributed by atoms with Crippen LogP contribution in [0.2, 0.25) is 0 Å². The molecule has 0 spiro atoms. The van der Waals surface area contributed by atoms with Gasteiger partial charge in [-0.25, -0.2) is 4.79 Å². The Morgan fingerprint density at radius 1 is 0.778 bits per heavy atom. The molecule has 1 aliphatic heterocycles. The molecule has 254 valence electrons. The lowest BCUT2D eigenvalue weighted by atomic mass is 9.32. The van der Waals surface area contributed by atoms with E-state index in [1.807, 2.05) is 0 Å². The molecule has 5 saturated carbocycles. The normalized spacial score (nSPS) is 53.8. The molecule has 6 aliphatic rings. The maximum Gasteiger partial charge on any atom is 0.335 e. The van der Waals surface area contributed by atoms with Gasteiger partial charge in [0.15, 0.2) is 12.4 Å². The molecule has 0 aromatic rings. The Kier molecular flexibility index (Phi) is 7.97. The number of aliphatic hydroxyl groups excluding tert-OH is 3. The maximum absolute atomic E-state index is 12.9. The lowest BCUT2D eigenvalue weighted by molar-refractivity contribution is -0.326. The van der Waals surface area contributed by atoms with Gasteiger partial charge >= 0.3 is 11.9 Å². The minimum atomic E-state index is -1.75. The third kappa shape index (κ3) is 4.42. The molecule has 9 heteroatoms. The molecule has 6 fully saturated rings. The van der Waals surface area contributed by atoms with Gasteiger partial charge in [0.25, 0.3) is 0 Å². The van der Waals surface area contributed by atoms with Crippen LogP contribution >= 0.6 is 0 Å². The monoisotopic (exact) mass is 632 g/mol. The summed E-state index contributed by atoms with van der Waals surface area (Å²) in [5.41, 5.74) is 0.308. The van der Waals surface area contributed by atoms with Crippen LogP contribution in [0, 0.1) is 56.7 Å². The molecule has 0 unspecified atom stereocenters. The Morgan fingerprint density at radius 3 is 2.09 bits per heavy atom. The summed E-state index contributed by atoms with van der Waals surface area (Å²) in [5, 5.41) is 51.4. The van der Waals surface area contributed by atoms with Crippen LogP contribution < -0.4 is 0 Å². The van der Waals surface area contributed by atoms with Gasteiger partial charge < -0.3 is 35.0 Å². The number of carboxylic acid groups (broad SMARTS) is 2. The molecule has 0 radical (unpaired) electrons. The zero-order valence-electron chi connectivity index (χ0n) is 28.0. The molecule has 9 nitrogen and oxygen atoms in total. The van der Waals surface area contributed by atoms with Gasteiger partial charge in [-0.2, -0.15) is 0 Å². The maximum atomic E-state index is 12.9. The second-order valence-electron chi connectivity index (χ2n) is 17.4. The van der Waals surface area contributed by atoms with Gasteiger partial charge in [-0.15, -0.1) is 0 Å². The van der Waals surface area contributed by atoms with Crippen molar-refractivity contribution >= 4 is 11.9 Å². The number of hydrogen-bond acceptors (Lipinski definition) is 7. The molecular formula is C36H56O9. The van der Waals surface area contributed by atoms with Crippen molar-refractivity contribution in [2.45, 2.75) is 143 Å². The van der Waals surface area contributed by atoms with Crippen LogP contribution in [0.3, 0.4) is 0 Å². The zero-order valence-corrected chi connectivity index (χ0v) is 28.0. The number of carbonyl (C=O) groups is 2. The molecule has 0 amide bonds. The van der Waals surface area contributed by atoms with Crippen molar-refractivity contribution in [3.8, 4) is 0 Å². The van der Waals surface area contributed by atoms with E-state index in [4.69, 9.17) is 9.47 Å². The topological polar surface area (TPSA) is 154 Å². The summed E-state index contributed by atoms with van der Waals surface area (Å²) >= 11 is 0. The van der Waals surface area contributed by atoms with E-state index in [1.54, 1.807) is 0 Å². The largest absolute Gasteiger partial charge is 0.481 e. The van der Waals surface area contributed by atoms with Crippen LogP contribution in [0.4, 0.5) is 0 Å². The summed E-state index contributed by atoms with van der Waals surface area (Å²) in [5.74, 6) is -0.479. The number of aliphatic carboxylic acids is 2. The van der Waals surface area contributed by atoms with Crippen LogP contribution in [0.15, 0.2) is 12.2 Å². The molecule has 1 saturated heterocycles. The van der Waals surface area contributed by atoms with Gasteiger partial charge in [-0.3, -0.25) is 4.79 Å². The molecule has 15 atom stereocenters. The van der Waals surface area contributed by atoms with Crippen LogP contribution in [-0.4, -0.2) is 74.3 Å². The molecule has 0 aromatic heterocycles. The number of hydrogen-bond donors (Lipinski definition) is 5. The van der Waals surface area contributed by atoms with E-state index < -0.39 is 48.1 Å². The van der Waals surface area contributed by atoms with Crippen LogP contribution in [0.1, 0.15) is 106 Å². The molecule has 45 heavy (non-hydrogen) atoms. The Hall–Kier alpha value is -1.52. The first-order valence-corrected chi connectivity index (χ1v) is 17.3. The van der Waals surface area contributed by atoms with E-state index in [2.05, 4.69) is 48.1 Å². The van der Waals surface area contributed by atoms with E-state index in [0.29, 0.717) is 24.2 Å². The van der Waals surface area contributed by atoms with Crippen LogP contribution in [0.5, 0.6) is 0 Å². The van der Waals surface area contributed by atoms with Gasteiger partial charge in [0.05, 0.1) is 11.5 Å². The summed E-state index contributed by atoms with van der Waals surface area (Å²) in [6.07, 6.45) is 0.818. The third-order valence-corrected chi connectivity index (χ3v) is 15.5. The third-order valence-electron chi connectivity index (χ3n) is 15.5. The highest BCUT2D eigenvalue weighted by atomic mass is 16.7. The molecular weight excluding hydrogens is 576 g/mol. The predicted octanol–water partition coefficient (Wildman–Crippen LogP) is 5.01. The fourth-order valence-corrected chi connectivity index (χ4v) is 13.1. The van der Waals surface area contributed by atoms with Crippen molar-refractivity contribution in [3.05, 3.63) is 12.2 Å². The van der Waals surface area contributed by atoms with E-state index >= 15 is 0 Å². The van der Waals surface area contributed by atoms with Crippen LogP contribution in [0.25, 0.3) is 0 Å². The second kappa shape index (κ2) is 10.7. The van der Waals surface area contributed by atoms with E-state index in [1.165, 1.54) is 0 Å². The van der Waals surface area contributed by atoms with E-state index in [-0.39, 0.29) is 39.6 Å². The zero-order chi connectivity index (χ0) is 33.1. The van der Waals surface area contributed by atoms with E-state index in [0.717, 1.165) is 63.4 Å². The Morgan fingerprint density at radius 2 is 1.47 bits per heavy atom. The molecule has 0 aromatic carbocycles. The average molecular weight is 633 g/mol. The number of aliphatic hydroxyl groups is 3. The number of rotatable bonds is 5. The van der Waals surface area contributed by atoms with Crippen molar-refractivity contribution < 1.29 is 44.6 Å². The number of fused-ring (bicyclic) bond motifs is 7. The summed E-state index contributed by atoms with van der Waals surface area (Å²) in [6, 6.07) is 0. The number of carboxylic acids is 2. The first-order chi connectivity index (χ1) is 20.9. The number of ether oxygens (including phenoxy) is 2. The fraction of sp³-hybridized carbons (Fsp3) is 0.889. The first kappa shape index (κ1) is 33.4. The van der Waals surface area contributed by atoms with Gasteiger partial charge in [0.2, 0.25) is 0 Å². The smallest absolute Gasteiger partial charge is 0.335 e. The fourth-order valence-electron chi connectivity index (χ4n) is 13.1. The SMILES string of the molecule is C=C(C)[C@@H]1CC[C@]2(C(=O)O)CC[C@]3(C)[C@H](CC[C@@H]4[C@@]5(C)CC[C@H](O[C@@H]6O[C@H](C(=O)O)[C@@H](O)[C@H](O)[C@H]6O)C(C)(C)[C@@H]5CC[C@]43C)[C@@H]12. The Labute approximate surface area is 267 Å². The minimum Gasteiger partial charge on any atom is -0.481 e. The lowest BCUT2D eigenvalue weighted by Gasteiger charge is -2.73. The quantitative estimate of drug-likeness (QED) is 0.208. The first-order valence-electron chi connectivity index (χ1n) is 17.3. The summed E-state index contributed by atoms with van der Waals surface area (Å²) in [6.45, 7) is 18.3. The minimum absolute atomic E-state index is 0.0282. The summed E-state index contributed by atoms with van der Waals surface area (Å²) < 4.78 is 11.9. The molecule has 1 heterocycles. The lowest BCUT2D eigenvalue weighted by Crippen LogP contribution is -2.67. The van der Waals surface area contributed by atoms with Gasteiger partial charge in [0, 0.05) is 0 Å². The molecule has 5 aliphatic carbocycles. The Bertz CT molecular complexity index is 1230. The predicted molar refractivity (Wildman–Crippen MR) is 166 cm³/mol. The van der Waals surface area contributed by atoms with Crippen molar-refractivity contribution in [1.29, 1.82) is 0 Å². The van der Waals surface area contributed by atoms with Gasteiger partial charge in [-0.1, -0.05) is 46.8 Å². The van der Waals surface area contributed by atoms with Crippen LogP contribution in [-0.2, 0) is 19.1 Å². The number of allylic oxidation sites excluding steroid dienone is 1. The highest BCUT2D eigenvalue weighted by molar-refractivity contribution is 5.76. The molecule has 0 bridgehead atoms. The van der Waals surface area contributed by atoms with Crippen molar-refractivity contribution in [3.63, 3.8) is 0 Å². The van der Waals surface area contributed by atoms with Gasteiger partial charge in [-0.05, 0) is 122 Å². The molecule has 5 N–H and O–H groups in total. The second-order valence-corrected chi connectivity index (χ2v) is 17.4. The highest BCUT2D eigenvalue weighted by Crippen LogP contribution is 2.77. The average Bonchev–Trinajstić information content (AvgIpc) is 3.36. The summed E-state index contributed by atoms with van der Waals surface area (Å²) in [4.78, 5) is 24.6. The molecule has 6 rings (SSSR count). The van der Waals surface area contributed by atoms with Crippen molar-refractivity contribution in [2.24, 2.45) is 56.7 Å². The standard InChI is InChI=1S/C36H56O9/c1-18(2)19-10-15-36(31(42)43)17-16-34(6)20(24(19)36)8-9-22-33(5)13-12-23(32(3,4)21(33)11-14-35(22,34)7)44-30-27(39)25(37)26(38)28(45-30)29(40)41/h19-28,30,37-39H,1,8-17H2,2-7H3,(H,40,41)(H,42,43)/t19-,20+,21-,22+,23-,24+,25-,26-,27+,28-,30+,33-,34+,35+,36-/m0/s1. The van der Waals surface area contributed by atoms with Gasteiger partial charge in [0.1, 0.15) is 18.3 Å². The summed E-state index contributed by atoms with van der Waals surface area (Å²) in [7, 11) is 0. The van der Waals surface area contributed by atoms with E-state index in [9.17, 15) is 35.1 Å². The Balaban J connectivity index is 1.27. The van der Waals surface area contributed by atoms with Crippen molar-refractivity contribution in [1.82, 2.24) is 0 Å². The highest BCUT2D eigenvalue weighted by Gasteiger charge is 2.72.